The van der Waals surface area contributed by atoms with Gasteiger partial charge in [-0.05, 0) is 32.1 Å². The molecule has 0 atom stereocenters. The van der Waals surface area contributed by atoms with Crippen molar-refractivity contribution in [3.63, 3.8) is 0 Å². The van der Waals surface area contributed by atoms with Crippen LogP contribution in [0.1, 0.15) is 123 Å². The first-order valence-corrected chi connectivity index (χ1v) is 11.9. The van der Waals surface area contributed by atoms with Gasteiger partial charge in [-0.15, -0.1) is 0 Å². The van der Waals surface area contributed by atoms with Crippen molar-refractivity contribution in [2.24, 2.45) is 0 Å². The lowest BCUT2D eigenvalue weighted by molar-refractivity contribution is -0.704. The van der Waals surface area contributed by atoms with E-state index in [0.717, 1.165) is 0 Å². The molecule has 1 aromatic heterocycles. The minimum Gasteiger partial charge on any atom is -0.234 e. The molecule has 152 valence electrons. The lowest BCUT2D eigenvalue weighted by Crippen LogP contribution is -2.37. The number of imidazole rings is 1. The van der Waals surface area contributed by atoms with Crippen LogP contribution in [0, 0.1) is 0 Å². The van der Waals surface area contributed by atoms with E-state index in [9.17, 15) is 0 Å². The van der Waals surface area contributed by atoms with Gasteiger partial charge in [-0.3, -0.25) is 0 Å². The third-order valence-corrected chi connectivity index (χ3v) is 5.60. The second-order valence-electron chi connectivity index (χ2n) is 8.09. The van der Waals surface area contributed by atoms with E-state index in [1.165, 1.54) is 116 Å². The fourth-order valence-corrected chi connectivity index (χ4v) is 3.85. The first kappa shape index (κ1) is 23.2. The maximum absolute atomic E-state index is 2.57. The molecule has 2 heteroatoms. The van der Waals surface area contributed by atoms with E-state index in [1.807, 2.05) is 0 Å². The molecule has 0 spiro atoms. The average Bonchev–Trinajstić information content (AvgIpc) is 3.03. The normalized spacial score (nSPS) is 11.3. The second-order valence-corrected chi connectivity index (χ2v) is 8.09. The van der Waals surface area contributed by atoms with Gasteiger partial charge in [0.25, 0.3) is 5.82 Å². The van der Waals surface area contributed by atoms with Gasteiger partial charge in [0, 0.05) is 6.42 Å². The van der Waals surface area contributed by atoms with Gasteiger partial charge in [0.2, 0.25) is 0 Å². The Labute approximate surface area is 164 Å². The van der Waals surface area contributed by atoms with E-state index in [4.69, 9.17) is 0 Å². The smallest absolute Gasteiger partial charge is 0.234 e. The van der Waals surface area contributed by atoms with Crippen LogP contribution in [-0.4, -0.2) is 4.57 Å². The SMILES string of the molecule is CCCCCCCC[n+]1ccn(CCCCCC)c1CCCCCCC. The van der Waals surface area contributed by atoms with E-state index in [0.29, 0.717) is 0 Å². The predicted molar refractivity (Wildman–Crippen MR) is 115 cm³/mol. The Morgan fingerprint density at radius 1 is 0.654 bits per heavy atom. The van der Waals surface area contributed by atoms with E-state index < -0.39 is 0 Å². The Bertz CT molecular complexity index is 422. The lowest BCUT2D eigenvalue weighted by Gasteiger charge is -2.06. The molecule has 0 saturated heterocycles. The highest BCUT2D eigenvalue weighted by Crippen LogP contribution is 2.10. The van der Waals surface area contributed by atoms with Crippen LogP contribution >= 0.6 is 0 Å². The van der Waals surface area contributed by atoms with Crippen LogP contribution in [0.4, 0.5) is 0 Å². The number of aryl methyl sites for hydroxylation is 2. The molecule has 0 aromatic carbocycles. The molecular weight excluding hydrogens is 316 g/mol. The number of hydrogen-bond donors (Lipinski definition) is 0. The number of unbranched alkanes of at least 4 members (excludes halogenated alkanes) is 12. The van der Waals surface area contributed by atoms with E-state index in [1.54, 1.807) is 5.82 Å². The Morgan fingerprint density at radius 3 is 1.85 bits per heavy atom. The highest BCUT2D eigenvalue weighted by molar-refractivity contribution is 4.84. The summed E-state index contributed by atoms with van der Waals surface area (Å²) < 4.78 is 5.13. The molecule has 0 aliphatic heterocycles. The lowest BCUT2D eigenvalue weighted by atomic mass is 10.1. The van der Waals surface area contributed by atoms with Crippen LogP contribution in [0.3, 0.4) is 0 Å². The zero-order valence-corrected chi connectivity index (χ0v) is 18.3. The molecular formula is C24H47N2+. The van der Waals surface area contributed by atoms with E-state index in [2.05, 4.69) is 42.3 Å². The van der Waals surface area contributed by atoms with Crippen LogP contribution < -0.4 is 4.57 Å². The third kappa shape index (κ3) is 10.4. The Kier molecular flexibility index (Phi) is 14.7. The summed E-state index contributed by atoms with van der Waals surface area (Å²) in [4.78, 5) is 0. The summed E-state index contributed by atoms with van der Waals surface area (Å²) in [7, 11) is 0. The number of hydrogen-bond acceptors (Lipinski definition) is 0. The highest BCUT2D eigenvalue weighted by Gasteiger charge is 2.16. The maximum atomic E-state index is 2.57. The zero-order valence-electron chi connectivity index (χ0n) is 18.3. The fourth-order valence-electron chi connectivity index (χ4n) is 3.85. The van der Waals surface area contributed by atoms with E-state index in [-0.39, 0.29) is 0 Å². The highest BCUT2D eigenvalue weighted by atomic mass is 15.1. The van der Waals surface area contributed by atoms with Gasteiger partial charge in [-0.2, -0.15) is 0 Å². The van der Waals surface area contributed by atoms with Crippen LogP contribution in [-0.2, 0) is 19.5 Å². The van der Waals surface area contributed by atoms with Crippen molar-refractivity contribution in [2.75, 3.05) is 0 Å². The molecule has 1 heterocycles. The molecule has 0 aliphatic rings. The van der Waals surface area contributed by atoms with Crippen LogP contribution in [0.5, 0.6) is 0 Å². The van der Waals surface area contributed by atoms with Crippen LogP contribution in [0.25, 0.3) is 0 Å². The molecule has 2 nitrogen and oxygen atoms in total. The molecule has 0 fully saturated rings. The zero-order chi connectivity index (χ0) is 18.9. The van der Waals surface area contributed by atoms with Gasteiger partial charge in [0.15, 0.2) is 0 Å². The van der Waals surface area contributed by atoms with Crippen molar-refractivity contribution < 1.29 is 4.57 Å². The van der Waals surface area contributed by atoms with Crippen LogP contribution in [0.2, 0.25) is 0 Å². The summed E-state index contributed by atoms with van der Waals surface area (Å²) in [6.45, 7) is 9.33. The monoisotopic (exact) mass is 363 g/mol. The summed E-state index contributed by atoms with van der Waals surface area (Å²) in [6, 6.07) is 0. The molecule has 0 saturated carbocycles. The molecule has 0 bridgehead atoms. The predicted octanol–water partition coefficient (Wildman–Crippen LogP) is 7.23. The van der Waals surface area contributed by atoms with Gasteiger partial charge in [0.1, 0.15) is 12.4 Å². The third-order valence-electron chi connectivity index (χ3n) is 5.60. The average molecular weight is 364 g/mol. The first-order valence-electron chi connectivity index (χ1n) is 11.9. The first-order chi connectivity index (χ1) is 12.8. The Morgan fingerprint density at radius 2 is 1.19 bits per heavy atom. The fraction of sp³-hybridized carbons (Fsp3) is 0.875. The van der Waals surface area contributed by atoms with Crippen molar-refractivity contribution >= 4 is 0 Å². The van der Waals surface area contributed by atoms with E-state index >= 15 is 0 Å². The standard InChI is InChI=1S/C24H47N2/c1-4-7-10-13-15-18-21-26-23-22-25(20-17-12-9-6-3)24(26)19-16-14-11-8-5-2/h22-23H,4-21H2,1-3H3/q+1. The number of nitrogens with zero attached hydrogens (tertiary/aromatic N) is 2. The van der Waals surface area contributed by atoms with Gasteiger partial charge in [0.05, 0.1) is 13.1 Å². The van der Waals surface area contributed by atoms with Crippen LogP contribution in [0.15, 0.2) is 12.4 Å². The second kappa shape index (κ2) is 16.4. The molecule has 0 amide bonds. The molecule has 1 aromatic rings. The molecule has 26 heavy (non-hydrogen) atoms. The molecule has 0 N–H and O–H groups in total. The summed E-state index contributed by atoms with van der Waals surface area (Å²) >= 11 is 0. The topological polar surface area (TPSA) is 8.81 Å². The number of rotatable bonds is 18. The molecule has 0 radical (unpaired) electrons. The van der Waals surface area contributed by atoms with Gasteiger partial charge >= 0.3 is 0 Å². The molecule has 0 unspecified atom stereocenters. The Balaban J connectivity index is 2.47. The van der Waals surface area contributed by atoms with Crippen molar-refractivity contribution in [2.45, 2.75) is 137 Å². The Hall–Kier alpha value is -0.790. The van der Waals surface area contributed by atoms with Crippen molar-refractivity contribution in [3.8, 4) is 0 Å². The summed E-state index contributed by atoms with van der Waals surface area (Å²) in [6.07, 6.45) is 26.6. The largest absolute Gasteiger partial charge is 0.256 e. The summed E-state index contributed by atoms with van der Waals surface area (Å²) in [5.41, 5.74) is 0. The van der Waals surface area contributed by atoms with Crippen molar-refractivity contribution in [1.82, 2.24) is 4.57 Å². The summed E-state index contributed by atoms with van der Waals surface area (Å²) in [5.74, 6) is 1.59. The van der Waals surface area contributed by atoms with Gasteiger partial charge in [-0.25, -0.2) is 9.13 Å². The minimum absolute atomic E-state index is 1.22. The van der Waals surface area contributed by atoms with Crippen molar-refractivity contribution in [1.29, 1.82) is 0 Å². The quantitative estimate of drug-likeness (QED) is 0.192. The molecule has 1 rings (SSSR count). The van der Waals surface area contributed by atoms with Crippen molar-refractivity contribution in [3.05, 3.63) is 18.2 Å². The molecule has 0 aliphatic carbocycles. The van der Waals surface area contributed by atoms with Gasteiger partial charge in [-0.1, -0.05) is 85.0 Å². The summed E-state index contributed by atoms with van der Waals surface area (Å²) in [5, 5.41) is 0. The van der Waals surface area contributed by atoms with Gasteiger partial charge < -0.3 is 0 Å². The maximum Gasteiger partial charge on any atom is 0.256 e. The number of aromatic nitrogens is 2. The minimum atomic E-state index is 1.22.